The van der Waals surface area contributed by atoms with Crippen LogP contribution >= 0.6 is 0 Å². The zero-order valence-electron chi connectivity index (χ0n) is 17.0. The first-order chi connectivity index (χ1) is 12.6. The molecule has 0 fully saturated rings. The van der Waals surface area contributed by atoms with Crippen LogP contribution in [0.15, 0.2) is 53.1 Å². The van der Waals surface area contributed by atoms with E-state index in [9.17, 15) is 9.59 Å². The molecule has 27 heavy (non-hydrogen) atoms. The number of nitrogens with one attached hydrogen (secondary N) is 1. The van der Waals surface area contributed by atoms with Gasteiger partial charge in [-0.1, -0.05) is 32.0 Å². The summed E-state index contributed by atoms with van der Waals surface area (Å²) in [5.74, 6) is 0.216. The van der Waals surface area contributed by atoms with E-state index in [1.165, 1.54) is 0 Å². The van der Waals surface area contributed by atoms with Gasteiger partial charge in [-0.25, -0.2) is 0 Å². The smallest absolute Gasteiger partial charge is 0.255 e. The summed E-state index contributed by atoms with van der Waals surface area (Å²) in [4.78, 5) is 28.2. The molecule has 1 aromatic heterocycles. The summed E-state index contributed by atoms with van der Waals surface area (Å²) in [6, 6.07) is 11.6. The van der Waals surface area contributed by atoms with Crippen molar-refractivity contribution in [3.63, 3.8) is 0 Å². The SMILES string of the molecule is CC(C)[C@@H](C(=O)NC(C)(C)C)N(C(=O)c1ccccc1)[C@@H](C)c1ccco1. The maximum atomic E-state index is 13.4. The molecule has 1 N–H and O–H groups in total. The summed E-state index contributed by atoms with van der Waals surface area (Å²) >= 11 is 0. The average molecular weight is 370 g/mol. The maximum Gasteiger partial charge on any atom is 0.255 e. The van der Waals surface area contributed by atoms with Crippen LogP contribution < -0.4 is 5.32 Å². The van der Waals surface area contributed by atoms with Gasteiger partial charge < -0.3 is 14.6 Å². The van der Waals surface area contributed by atoms with Crippen molar-refractivity contribution in [3.8, 4) is 0 Å². The first-order valence-corrected chi connectivity index (χ1v) is 9.35. The van der Waals surface area contributed by atoms with Crippen LogP contribution in [-0.4, -0.2) is 28.3 Å². The Labute approximate surface area is 161 Å². The molecule has 0 aliphatic carbocycles. The van der Waals surface area contributed by atoms with Crippen LogP contribution in [0.2, 0.25) is 0 Å². The van der Waals surface area contributed by atoms with Crippen molar-refractivity contribution in [1.82, 2.24) is 10.2 Å². The number of amides is 2. The highest BCUT2D eigenvalue weighted by Crippen LogP contribution is 2.28. The van der Waals surface area contributed by atoms with E-state index < -0.39 is 6.04 Å². The summed E-state index contributed by atoms with van der Waals surface area (Å²) in [6.45, 7) is 11.6. The lowest BCUT2D eigenvalue weighted by Gasteiger charge is -2.38. The predicted molar refractivity (Wildman–Crippen MR) is 106 cm³/mol. The summed E-state index contributed by atoms with van der Waals surface area (Å²) in [5, 5.41) is 3.02. The van der Waals surface area contributed by atoms with E-state index in [-0.39, 0.29) is 29.3 Å². The summed E-state index contributed by atoms with van der Waals surface area (Å²) in [5.41, 5.74) is 0.157. The molecule has 146 valence electrons. The normalized spacial score (nSPS) is 13.9. The first kappa shape index (κ1) is 20.7. The fourth-order valence-electron chi connectivity index (χ4n) is 3.13. The van der Waals surface area contributed by atoms with Crippen molar-refractivity contribution in [2.24, 2.45) is 5.92 Å². The van der Waals surface area contributed by atoms with Crippen molar-refractivity contribution in [3.05, 3.63) is 60.1 Å². The molecule has 0 radical (unpaired) electrons. The maximum absolute atomic E-state index is 13.4. The zero-order chi connectivity index (χ0) is 20.2. The lowest BCUT2D eigenvalue weighted by Crippen LogP contribution is -2.56. The van der Waals surface area contributed by atoms with Crippen molar-refractivity contribution in [1.29, 1.82) is 0 Å². The lowest BCUT2D eigenvalue weighted by atomic mass is 9.96. The highest BCUT2D eigenvalue weighted by molar-refractivity contribution is 5.98. The molecule has 2 rings (SSSR count). The Bertz CT molecular complexity index is 746. The number of carbonyl (C=O) groups excluding carboxylic acids is 2. The zero-order valence-corrected chi connectivity index (χ0v) is 17.0. The molecule has 0 saturated heterocycles. The minimum atomic E-state index is -0.628. The minimum Gasteiger partial charge on any atom is -0.467 e. The van der Waals surface area contributed by atoms with E-state index in [4.69, 9.17) is 4.42 Å². The van der Waals surface area contributed by atoms with Gasteiger partial charge in [-0.05, 0) is 57.9 Å². The molecule has 2 aromatic rings. The Balaban J connectivity index is 2.48. The Hall–Kier alpha value is -2.56. The largest absolute Gasteiger partial charge is 0.467 e. The van der Waals surface area contributed by atoms with Crippen LogP contribution in [-0.2, 0) is 4.79 Å². The molecule has 0 aliphatic heterocycles. The minimum absolute atomic E-state index is 0.0718. The highest BCUT2D eigenvalue weighted by atomic mass is 16.3. The number of nitrogens with zero attached hydrogens (tertiary/aromatic N) is 1. The Morgan fingerprint density at radius 1 is 1.00 bits per heavy atom. The third kappa shape index (κ3) is 5.22. The molecular weight excluding hydrogens is 340 g/mol. The second kappa shape index (κ2) is 8.42. The van der Waals surface area contributed by atoms with Crippen molar-refractivity contribution in [2.45, 2.75) is 59.2 Å². The third-order valence-corrected chi connectivity index (χ3v) is 4.33. The van der Waals surface area contributed by atoms with E-state index >= 15 is 0 Å². The van der Waals surface area contributed by atoms with E-state index in [1.807, 2.05) is 65.8 Å². The second-order valence-electron chi connectivity index (χ2n) is 8.20. The van der Waals surface area contributed by atoms with Gasteiger partial charge in [0.05, 0.1) is 12.3 Å². The lowest BCUT2D eigenvalue weighted by molar-refractivity contribution is -0.129. The number of hydrogen-bond acceptors (Lipinski definition) is 3. The molecule has 5 nitrogen and oxygen atoms in total. The van der Waals surface area contributed by atoms with Gasteiger partial charge in [0, 0.05) is 11.1 Å². The summed E-state index contributed by atoms with van der Waals surface area (Å²) in [7, 11) is 0. The fourth-order valence-corrected chi connectivity index (χ4v) is 3.13. The van der Waals surface area contributed by atoms with Crippen LogP contribution in [0, 0.1) is 5.92 Å². The van der Waals surface area contributed by atoms with E-state index in [2.05, 4.69) is 5.32 Å². The molecule has 5 heteroatoms. The van der Waals surface area contributed by atoms with Gasteiger partial charge in [-0.15, -0.1) is 0 Å². The monoisotopic (exact) mass is 370 g/mol. The third-order valence-electron chi connectivity index (χ3n) is 4.33. The van der Waals surface area contributed by atoms with Gasteiger partial charge in [0.25, 0.3) is 5.91 Å². The Morgan fingerprint density at radius 3 is 2.11 bits per heavy atom. The molecule has 0 aliphatic rings. The van der Waals surface area contributed by atoms with E-state index in [0.29, 0.717) is 11.3 Å². The van der Waals surface area contributed by atoms with Gasteiger partial charge in [-0.2, -0.15) is 0 Å². The van der Waals surface area contributed by atoms with Crippen molar-refractivity contribution < 1.29 is 14.0 Å². The number of furan rings is 1. The van der Waals surface area contributed by atoms with Gasteiger partial charge >= 0.3 is 0 Å². The van der Waals surface area contributed by atoms with Crippen molar-refractivity contribution >= 4 is 11.8 Å². The Morgan fingerprint density at radius 2 is 1.63 bits per heavy atom. The molecular formula is C22H30N2O3. The number of carbonyl (C=O) groups is 2. The van der Waals surface area contributed by atoms with Crippen molar-refractivity contribution in [2.75, 3.05) is 0 Å². The van der Waals surface area contributed by atoms with E-state index in [0.717, 1.165) is 0 Å². The molecule has 1 aromatic carbocycles. The highest BCUT2D eigenvalue weighted by Gasteiger charge is 2.38. The number of rotatable bonds is 6. The number of hydrogen-bond donors (Lipinski definition) is 1. The fraction of sp³-hybridized carbons (Fsp3) is 0.455. The summed E-state index contributed by atoms with van der Waals surface area (Å²) in [6.07, 6.45) is 1.58. The quantitative estimate of drug-likeness (QED) is 0.818. The Kier molecular flexibility index (Phi) is 6.47. The van der Waals surface area contributed by atoms with Crippen LogP contribution in [0.1, 0.15) is 63.7 Å². The summed E-state index contributed by atoms with van der Waals surface area (Å²) < 4.78 is 5.55. The molecule has 1 heterocycles. The topological polar surface area (TPSA) is 62.6 Å². The van der Waals surface area contributed by atoms with Gasteiger partial charge in [0.15, 0.2) is 0 Å². The number of benzene rings is 1. The molecule has 2 atom stereocenters. The molecule has 0 bridgehead atoms. The van der Waals surface area contributed by atoms with Gasteiger partial charge in [-0.3, -0.25) is 9.59 Å². The van der Waals surface area contributed by atoms with Gasteiger partial charge in [0.1, 0.15) is 11.8 Å². The van der Waals surface area contributed by atoms with E-state index in [1.54, 1.807) is 29.4 Å². The second-order valence-corrected chi connectivity index (χ2v) is 8.20. The van der Waals surface area contributed by atoms with Crippen LogP contribution in [0.3, 0.4) is 0 Å². The first-order valence-electron chi connectivity index (χ1n) is 9.35. The van der Waals surface area contributed by atoms with Crippen LogP contribution in [0.4, 0.5) is 0 Å². The van der Waals surface area contributed by atoms with Crippen LogP contribution in [0.5, 0.6) is 0 Å². The molecule has 0 spiro atoms. The molecule has 2 amide bonds. The molecule has 0 unspecified atom stereocenters. The molecule has 0 saturated carbocycles. The standard InChI is InChI=1S/C22H30N2O3/c1-15(2)19(20(25)23-22(4,5)6)24(16(3)18-13-10-14-27-18)21(26)17-11-8-7-9-12-17/h7-16,19H,1-6H3,(H,23,25)/t16-,19-/m0/s1. The predicted octanol–water partition coefficient (Wildman–Crippen LogP) is 4.42. The van der Waals surface area contributed by atoms with Gasteiger partial charge in [0.2, 0.25) is 5.91 Å². The van der Waals surface area contributed by atoms with Crippen LogP contribution in [0.25, 0.3) is 0 Å². The average Bonchev–Trinajstić information content (AvgIpc) is 3.11.